The van der Waals surface area contributed by atoms with Gasteiger partial charge in [-0.2, -0.15) is 5.10 Å². The number of carbonyl (C=O) groups is 3. The number of hydrogen-bond donors (Lipinski definition) is 2. The predicted octanol–water partition coefficient (Wildman–Crippen LogP) is 3.39. The summed E-state index contributed by atoms with van der Waals surface area (Å²) in [4.78, 5) is 40.8. The van der Waals surface area contributed by atoms with Gasteiger partial charge in [0.1, 0.15) is 11.2 Å². The minimum Gasteiger partial charge on any atom is -0.351 e. The van der Waals surface area contributed by atoms with Crippen LogP contribution in [0.4, 0.5) is 5.69 Å². The van der Waals surface area contributed by atoms with Crippen molar-refractivity contribution >= 4 is 35.0 Å². The summed E-state index contributed by atoms with van der Waals surface area (Å²) >= 11 is 5.99. The summed E-state index contributed by atoms with van der Waals surface area (Å²) in [6, 6.07) is 6.81. The van der Waals surface area contributed by atoms with Gasteiger partial charge < -0.3 is 15.5 Å². The van der Waals surface area contributed by atoms with E-state index in [1.54, 1.807) is 30.0 Å². The second kappa shape index (κ2) is 8.58. The monoisotopic (exact) mass is 457 g/mol. The number of nitrogens with zero attached hydrogens (tertiary/aromatic N) is 3. The van der Waals surface area contributed by atoms with Crippen molar-refractivity contribution in [2.75, 3.05) is 11.9 Å². The van der Waals surface area contributed by atoms with E-state index < -0.39 is 11.4 Å². The highest BCUT2D eigenvalue weighted by Gasteiger charge is 2.48. The van der Waals surface area contributed by atoms with Crippen molar-refractivity contribution in [3.05, 3.63) is 46.2 Å². The molecular weight excluding hydrogens is 430 g/mol. The first-order valence-electron chi connectivity index (χ1n) is 11.0. The first kappa shape index (κ1) is 22.3. The molecule has 1 fully saturated rings. The third-order valence-corrected chi connectivity index (χ3v) is 6.70. The number of halogens is 1. The van der Waals surface area contributed by atoms with Crippen LogP contribution in [0.1, 0.15) is 66.1 Å². The fourth-order valence-corrected chi connectivity index (χ4v) is 4.84. The Morgan fingerprint density at radius 1 is 1.25 bits per heavy atom. The van der Waals surface area contributed by atoms with Crippen LogP contribution in [-0.4, -0.2) is 50.5 Å². The Labute approximate surface area is 192 Å². The molecule has 4 rings (SSSR count). The summed E-state index contributed by atoms with van der Waals surface area (Å²) in [5.74, 6) is -0.911. The van der Waals surface area contributed by atoms with E-state index in [0.29, 0.717) is 22.9 Å². The van der Waals surface area contributed by atoms with Crippen LogP contribution < -0.4 is 10.6 Å². The Morgan fingerprint density at radius 3 is 2.62 bits per heavy atom. The van der Waals surface area contributed by atoms with Gasteiger partial charge in [-0.25, -0.2) is 0 Å². The zero-order valence-electron chi connectivity index (χ0n) is 18.6. The first-order valence-corrected chi connectivity index (χ1v) is 11.4. The molecule has 2 heterocycles. The molecule has 1 aliphatic heterocycles. The molecule has 1 aromatic carbocycles. The molecule has 1 saturated carbocycles. The molecule has 3 amide bonds. The molecule has 32 heavy (non-hydrogen) atoms. The van der Waals surface area contributed by atoms with Crippen molar-refractivity contribution in [2.45, 2.75) is 64.6 Å². The van der Waals surface area contributed by atoms with Gasteiger partial charge in [-0.1, -0.05) is 24.4 Å². The maximum absolute atomic E-state index is 13.2. The van der Waals surface area contributed by atoms with Gasteiger partial charge in [0.25, 0.3) is 11.8 Å². The second-order valence-corrected chi connectivity index (χ2v) is 9.20. The van der Waals surface area contributed by atoms with Crippen LogP contribution in [0.5, 0.6) is 0 Å². The largest absolute Gasteiger partial charge is 0.351 e. The molecule has 2 aromatic rings. The molecule has 0 bridgehead atoms. The summed E-state index contributed by atoms with van der Waals surface area (Å²) in [7, 11) is 0. The van der Waals surface area contributed by atoms with Gasteiger partial charge in [-0.05, 0) is 57.4 Å². The third-order valence-electron chi connectivity index (χ3n) is 6.46. The average molecular weight is 458 g/mol. The van der Waals surface area contributed by atoms with Crippen molar-refractivity contribution in [1.82, 2.24) is 20.0 Å². The van der Waals surface area contributed by atoms with E-state index in [-0.39, 0.29) is 30.1 Å². The molecule has 170 valence electrons. The van der Waals surface area contributed by atoms with Crippen molar-refractivity contribution in [3.8, 4) is 0 Å². The highest BCUT2D eigenvalue weighted by atomic mass is 35.5. The second-order valence-electron chi connectivity index (χ2n) is 8.76. The molecule has 1 aliphatic carbocycles. The van der Waals surface area contributed by atoms with E-state index in [9.17, 15) is 14.4 Å². The Hall–Kier alpha value is -2.87. The zero-order chi connectivity index (χ0) is 23.0. The number of benzene rings is 1. The molecule has 0 saturated heterocycles. The molecule has 2 aliphatic rings. The first-order chi connectivity index (χ1) is 15.2. The number of rotatable bonds is 5. The Bertz CT molecular complexity index is 1080. The van der Waals surface area contributed by atoms with Crippen LogP contribution in [0.25, 0.3) is 0 Å². The lowest BCUT2D eigenvalue weighted by Crippen LogP contribution is -2.64. The molecule has 2 N–H and O–H groups in total. The van der Waals surface area contributed by atoms with Crippen LogP contribution in [-0.2, 0) is 11.3 Å². The number of hydrogen-bond acceptors (Lipinski definition) is 4. The molecule has 0 radical (unpaired) electrons. The van der Waals surface area contributed by atoms with Gasteiger partial charge in [-0.15, -0.1) is 0 Å². The number of likely N-dealkylation sites (N-methyl/N-ethyl adjacent to an activating group) is 1. The average Bonchev–Trinajstić information content (AvgIpc) is 3.40. The summed E-state index contributed by atoms with van der Waals surface area (Å²) in [5, 5.41) is 10.9. The van der Waals surface area contributed by atoms with E-state index in [1.165, 1.54) is 10.7 Å². The van der Waals surface area contributed by atoms with Crippen molar-refractivity contribution in [1.29, 1.82) is 0 Å². The van der Waals surface area contributed by atoms with Crippen molar-refractivity contribution < 1.29 is 14.4 Å². The number of aryl methyl sites for hydroxylation is 1. The fourth-order valence-electron chi connectivity index (χ4n) is 4.61. The molecule has 9 heteroatoms. The highest BCUT2D eigenvalue weighted by molar-refractivity contribution is 6.30. The minimum absolute atomic E-state index is 0.124. The SMILES string of the molecule is CCN1C(=O)c2cc(C(=O)Nc3ccc(Cl)cc3C)nn2C[C@]1(C)C(=O)NC1CCCC1. The van der Waals surface area contributed by atoms with Gasteiger partial charge in [0, 0.05) is 29.4 Å². The lowest BCUT2D eigenvalue weighted by Gasteiger charge is -2.43. The highest BCUT2D eigenvalue weighted by Crippen LogP contribution is 2.29. The normalized spacial score (nSPS) is 20.9. The van der Waals surface area contributed by atoms with E-state index in [1.807, 2.05) is 13.8 Å². The van der Waals surface area contributed by atoms with Gasteiger partial charge in [0.2, 0.25) is 5.91 Å². The summed E-state index contributed by atoms with van der Waals surface area (Å²) in [6.45, 7) is 6.02. The van der Waals surface area contributed by atoms with Crippen LogP contribution >= 0.6 is 11.6 Å². The molecule has 0 unspecified atom stereocenters. The van der Waals surface area contributed by atoms with E-state index >= 15 is 0 Å². The van der Waals surface area contributed by atoms with E-state index in [0.717, 1.165) is 31.2 Å². The molecular formula is C23H28ClN5O3. The van der Waals surface area contributed by atoms with Gasteiger partial charge in [0.05, 0.1) is 6.54 Å². The number of fused-ring (bicyclic) bond motifs is 1. The number of amides is 3. The maximum Gasteiger partial charge on any atom is 0.276 e. The van der Waals surface area contributed by atoms with Gasteiger partial charge in [-0.3, -0.25) is 19.1 Å². The Kier molecular flexibility index (Phi) is 5.99. The van der Waals surface area contributed by atoms with Crippen LogP contribution in [0.3, 0.4) is 0 Å². The Morgan fingerprint density at radius 2 is 1.97 bits per heavy atom. The predicted molar refractivity (Wildman–Crippen MR) is 122 cm³/mol. The van der Waals surface area contributed by atoms with E-state index in [2.05, 4.69) is 15.7 Å². The topological polar surface area (TPSA) is 96.3 Å². The quantitative estimate of drug-likeness (QED) is 0.719. The Balaban J connectivity index is 1.58. The van der Waals surface area contributed by atoms with Crippen molar-refractivity contribution in [3.63, 3.8) is 0 Å². The summed E-state index contributed by atoms with van der Waals surface area (Å²) < 4.78 is 1.48. The van der Waals surface area contributed by atoms with Gasteiger partial charge in [0.15, 0.2) is 5.69 Å². The summed E-state index contributed by atoms with van der Waals surface area (Å²) in [5.41, 5.74) is 0.788. The zero-order valence-corrected chi connectivity index (χ0v) is 19.3. The van der Waals surface area contributed by atoms with Gasteiger partial charge >= 0.3 is 0 Å². The number of anilines is 1. The molecule has 8 nitrogen and oxygen atoms in total. The smallest absolute Gasteiger partial charge is 0.276 e. The van der Waals surface area contributed by atoms with Crippen molar-refractivity contribution in [2.24, 2.45) is 0 Å². The number of aromatic nitrogens is 2. The summed E-state index contributed by atoms with van der Waals surface area (Å²) in [6.07, 6.45) is 4.13. The lowest BCUT2D eigenvalue weighted by molar-refractivity contribution is -0.133. The minimum atomic E-state index is -1.08. The molecule has 0 spiro atoms. The maximum atomic E-state index is 13.2. The van der Waals surface area contributed by atoms with Crippen LogP contribution in [0, 0.1) is 6.92 Å². The fraction of sp³-hybridized carbons (Fsp3) is 0.478. The lowest BCUT2D eigenvalue weighted by atomic mass is 9.94. The number of carbonyl (C=O) groups excluding carboxylic acids is 3. The van der Waals surface area contributed by atoms with E-state index in [4.69, 9.17) is 11.6 Å². The molecule has 1 atom stereocenters. The molecule has 1 aromatic heterocycles. The third kappa shape index (κ3) is 3.99. The van der Waals surface area contributed by atoms with Crippen LogP contribution in [0.2, 0.25) is 5.02 Å². The standard InChI is InChI=1S/C23H28ClN5O3/c1-4-28-21(31)19-12-18(20(30)26-17-10-9-15(24)11-14(17)2)27-29(19)13-23(28,3)22(32)25-16-7-5-6-8-16/h9-12,16H,4-8,13H2,1-3H3,(H,25,32)(H,26,30)/t23-/m1/s1. The number of nitrogens with one attached hydrogen (secondary N) is 2. The van der Waals surface area contributed by atoms with Crippen LogP contribution in [0.15, 0.2) is 24.3 Å².